The Kier molecular flexibility index (Phi) is 6.21. The van der Waals surface area contributed by atoms with Crippen LogP contribution in [0.4, 0.5) is 5.69 Å². The highest BCUT2D eigenvalue weighted by molar-refractivity contribution is 7.89. The van der Waals surface area contributed by atoms with Gasteiger partial charge in [-0.3, -0.25) is 9.59 Å². The molecule has 0 unspecified atom stereocenters. The molecule has 0 aromatic heterocycles. The Morgan fingerprint density at radius 3 is 2.57 bits per heavy atom. The van der Waals surface area contributed by atoms with E-state index in [1.165, 1.54) is 29.6 Å². The van der Waals surface area contributed by atoms with Gasteiger partial charge in [0.15, 0.2) is 6.61 Å². The fraction of sp³-hybridized carbons (Fsp3) is 0.556. The van der Waals surface area contributed by atoms with E-state index in [-0.39, 0.29) is 35.5 Å². The summed E-state index contributed by atoms with van der Waals surface area (Å²) in [6.45, 7) is 2.72. The van der Waals surface area contributed by atoms with Gasteiger partial charge in [0.2, 0.25) is 10.0 Å². The smallest absolute Gasteiger partial charge is 0.309 e. The third kappa shape index (κ3) is 4.62. The maximum absolute atomic E-state index is 12.8. The Morgan fingerprint density at radius 2 is 1.96 bits per heavy atom. The van der Waals surface area contributed by atoms with Crippen molar-refractivity contribution in [3.63, 3.8) is 0 Å². The minimum absolute atomic E-state index is 0.0364. The normalized spacial score (nSPS) is 22.4. The maximum atomic E-state index is 12.8. The number of hydrogen-bond donors (Lipinski definition) is 1. The third-order valence-corrected chi connectivity index (χ3v) is 6.71. The number of ether oxygens (including phenoxy) is 3. The number of morpholine rings is 1. The summed E-state index contributed by atoms with van der Waals surface area (Å²) in [7, 11) is -2.31. The van der Waals surface area contributed by atoms with Crippen molar-refractivity contribution in [3.05, 3.63) is 18.2 Å². The Morgan fingerprint density at radius 1 is 1.29 bits per heavy atom. The fourth-order valence-electron chi connectivity index (χ4n) is 2.96. The standard InChI is InChI=1S/C18H24N2O7S/c1-12-9-14(12)18(22)27-11-17(21)19-15-10-13(3-4-16(15)25-2)28(23,24)20-5-7-26-8-6-20/h3-4,10,12,14H,5-9,11H2,1-2H3,(H,19,21)/t12-,14+/m0/s1. The van der Waals surface area contributed by atoms with Crippen molar-refractivity contribution in [2.45, 2.75) is 18.2 Å². The highest BCUT2D eigenvalue weighted by atomic mass is 32.2. The Hall–Kier alpha value is -2.17. The van der Waals surface area contributed by atoms with Gasteiger partial charge in [0.1, 0.15) is 5.75 Å². The monoisotopic (exact) mass is 412 g/mol. The number of carbonyl (C=O) groups is 2. The molecule has 1 saturated heterocycles. The van der Waals surface area contributed by atoms with Crippen molar-refractivity contribution in [1.29, 1.82) is 0 Å². The van der Waals surface area contributed by atoms with Crippen LogP contribution in [0.1, 0.15) is 13.3 Å². The van der Waals surface area contributed by atoms with E-state index >= 15 is 0 Å². The average Bonchev–Trinajstić information content (AvgIpc) is 3.43. The number of carbonyl (C=O) groups excluding carboxylic acids is 2. The van der Waals surface area contributed by atoms with E-state index in [4.69, 9.17) is 14.2 Å². The van der Waals surface area contributed by atoms with E-state index < -0.39 is 28.5 Å². The van der Waals surface area contributed by atoms with Gasteiger partial charge in [0.25, 0.3) is 5.91 Å². The van der Waals surface area contributed by atoms with Gasteiger partial charge in [0.05, 0.1) is 36.8 Å². The second kappa shape index (κ2) is 8.46. The van der Waals surface area contributed by atoms with Crippen LogP contribution in [0.2, 0.25) is 0 Å². The predicted octanol–water partition coefficient (Wildman–Crippen LogP) is 0.854. The number of nitrogens with one attached hydrogen (secondary N) is 1. The minimum atomic E-state index is -3.72. The quantitative estimate of drug-likeness (QED) is 0.661. The first-order chi connectivity index (χ1) is 13.3. The first-order valence-corrected chi connectivity index (χ1v) is 10.5. The lowest BCUT2D eigenvalue weighted by atomic mass is 10.3. The summed E-state index contributed by atoms with van der Waals surface area (Å²) in [6.07, 6.45) is 0.774. The molecule has 2 fully saturated rings. The molecule has 3 rings (SSSR count). The first kappa shape index (κ1) is 20.6. The van der Waals surface area contributed by atoms with Crippen molar-refractivity contribution >= 4 is 27.6 Å². The fourth-order valence-corrected chi connectivity index (χ4v) is 4.40. The lowest BCUT2D eigenvalue weighted by Gasteiger charge is -2.26. The molecule has 2 aliphatic rings. The lowest BCUT2D eigenvalue weighted by Crippen LogP contribution is -2.40. The van der Waals surface area contributed by atoms with Gasteiger partial charge in [-0.1, -0.05) is 6.92 Å². The van der Waals surface area contributed by atoms with Gasteiger partial charge in [0, 0.05) is 13.1 Å². The molecule has 1 aliphatic carbocycles. The summed E-state index contributed by atoms with van der Waals surface area (Å²) in [5.74, 6) is -0.502. The van der Waals surface area contributed by atoms with E-state index in [1.807, 2.05) is 6.92 Å². The number of rotatable bonds is 7. The number of hydrogen-bond acceptors (Lipinski definition) is 7. The van der Waals surface area contributed by atoms with E-state index in [2.05, 4.69) is 5.32 Å². The van der Waals surface area contributed by atoms with Crippen LogP contribution in [0.15, 0.2) is 23.1 Å². The van der Waals surface area contributed by atoms with Gasteiger partial charge in [-0.25, -0.2) is 8.42 Å². The molecular weight excluding hydrogens is 388 g/mol. The van der Waals surface area contributed by atoms with Crippen LogP contribution in [0.3, 0.4) is 0 Å². The first-order valence-electron chi connectivity index (χ1n) is 9.05. The molecule has 2 atom stereocenters. The number of benzene rings is 1. The van der Waals surface area contributed by atoms with Crippen LogP contribution in [0.25, 0.3) is 0 Å². The topological polar surface area (TPSA) is 111 Å². The molecule has 28 heavy (non-hydrogen) atoms. The third-order valence-electron chi connectivity index (χ3n) is 4.81. The molecular formula is C18H24N2O7S. The van der Waals surface area contributed by atoms with Crippen LogP contribution >= 0.6 is 0 Å². The lowest BCUT2D eigenvalue weighted by molar-refractivity contribution is -0.148. The molecule has 1 N–H and O–H groups in total. The van der Waals surface area contributed by atoms with Crippen LogP contribution in [-0.2, 0) is 29.1 Å². The number of nitrogens with zero attached hydrogens (tertiary/aromatic N) is 1. The zero-order valence-corrected chi connectivity index (χ0v) is 16.7. The molecule has 1 aromatic rings. The summed E-state index contributed by atoms with van der Waals surface area (Å²) in [4.78, 5) is 23.9. The van der Waals surface area contributed by atoms with Crippen molar-refractivity contribution in [2.24, 2.45) is 11.8 Å². The molecule has 1 aliphatic heterocycles. The Balaban J connectivity index is 1.70. The number of anilines is 1. The van der Waals surface area contributed by atoms with E-state index in [0.717, 1.165) is 6.42 Å². The zero-order valence-electron chi connectivity index (χ0n) is 15.8. The van der Waals surface area contributed by atoms with Crippen molar-refractivity contribution < 1.29 is 32.2 Å². The summed E-state index contributed by atoms with van der Waals surface area (Å²) in [6, 6.07) is 4.24. The SMILES string of the molecule is COc1ccc(S(=O)(=O)N2CCOCC2)cc1NC(=O)COC(=O)[C@@H]1C[C@@H]1C. The van der Waals surface area contributed by atoms with Crippen LogP contribution < -0.4 is 10.1 Å². The summed E-state index contributed by atoms with van der Waals surface area (Å²) in [5.41, 5.74) is 0.192. The van der Waals surface area contributed by atoms with Gasteiger partial charge in [-0.05, 0) is 30.5 Å². The van der Waals surface area contributed by atoms with E-state index in [1.54, 1.807) is 0 Å². The van der Waals surface area contributed by atoms with Crippen LogP contribution in [0.5, 0.6) is 5.75 Å². The molecule has 10 heteroatoms. The number of methoxy groups -OCH3 is 1. The van der Waals surface area contributed by atoms with Crippen molar-refractivity contribution in [3.8, 4) is 5.75 Å². The van der Waals surface area contributed by atoms with Gasteiger partial charge >= 0.3 is 5.97 Å². The second-order valence-corrected chi connectivity index (χ2v) is 8.79. The minimum Gasteiger partial charge on any atom is -0.495 e. The molecule has 9 nitrogen and oxygen atoms in total. The molecule has 0 bridgehead atoms. The van der Waals surface area contributed by atoms with Crippen molar-refractivity contribution in [1.82, 2.24) is 4.31 Å². The molecule has 154 valence electrons. The number of sulfonamides is 1. The maximum Gasteiger partial charge on any atom is 0.309 e. The highest BCUT2D eigenvalue weighted by Crippen LogP contribution is 2.38. The summed E-state index contributed by atoms with van der Waals surface area (Å²) < 4.78 is 42.3. The number of esters is 1. The largest absolute Gasteiger partial charge is 0.495 e. The molecule has 0 radical (unpaired) electrons. The highest BCUT2D eigenvalue weighted by Gasteiger charge is 2.40. The molecule has 1 aromatic carbocycles. The van der Waals surface area contributed by atoms with Gasteiger partial charge < -0.3 is 19.5 Å². The van der Waals surface area contributed by atoms with Gasteiger partial charge in [-0.15, -0.1) is 0 Å². The number of amides is 1. The zero-order chi connectivity index (χ0) is 20.3. The molecule has 1 saturated carbocycles. The molecule has 1 heterocycles. The summed E-state index contributed by atoms with van der Waals surface area (Å²) in [5, 5.41) is 2.55. The Bertz CT molecular complexity index is 849. The predicted molar refractivity (Wildman–Crippen MR) is 99.4 cm³/mol. The van der Waals surface area contributed by atoms with E-state index in [0.29, 0.717) is 19.0 Å². The van der Waals surface area contributed by atoms with Crippen molar-refractivity contribution in [2.75, 3.05) is 45.3 Å². The average molecular weight is 412 g/mol. The van der Waals surface area contributed by atoms with Crippen LogP contribution in [0, 0.1) is 11.8 Å². The van der Waals surface area contributed by atoms with E-state index in [9.17, 15) is 18.0 Å². The second-order valence-electron chi connectivity index (χ2n) is 6.85. The molecule has 1 amide bonds. The Labute approximate surface area is 164 Å². The molecule has 0 spiro atoms. The summed E-state index contributed by atoms with van der Waals surface area (Å²) >= 11 is 0. The van der Waals surface area contributed by atoms with Gasteiger partial charge in [-0.2, -0.15) is 4.31 Å². The van der Waals surface area contributed by atoms with Crippen LogP contribution in [-0.4, -0.2) is 64.6 Å².